The molecule has 0 radical (unpaired) electrons. The first-order chi connectivity index (χ1) is 19.6. The number of likely N-dealkylation sites (N-methyl/N-ethyl adjacent to an activating group) is 1. The second-order valence-corrected chi connectivity index (χ2v) is 10.0. The molecule has 1 aromatic heterocycles. The Hall–Kier alpha value is -4.19. The Morgan fingerprint density at radius 1 is 0.881 bits per heavy atom. The number of carbonyl (C=O) groups is 2. The Morgan fingerprint density at radius 3 is 2.10 bits per heavy atom. The Balaban J connectivity index is 1.68. The molecule has 2 amide bonds. The van der Waals surface area contributed by atoms with Gasteiger partial charge < -0.3 is 4.90 Å². The Morgan fingerprint density at radius 2 is 1.50 bits per heavy atom. The van der Waals surface area contributed by atoms with Gasteiger partial charge >= 0.3 is 12.4 Å². The van der Waals surface area contributed by atoms with E-state index in [1.54, 1.807) is 13.0 Å². The van der Waals surface area contributed by atoms with Crippen molar-refractivity contribution in [3.63, 3.8) is 0 Å². The topological polar surface area (TPSA) is 75.2 Å². The molecule has 1 heterocycles. The maximum atomic E-state index is 13.4. The van der Waals surface area contributed by atoms with E-state index in [1.165, 1.54) is 13.1 Å². The molecule has 42 heavy (non-hydrogen) atoms. The molecule has 4 rings (SSSR count). The fourth-order valence-electron chi connectivity index (χ4n) is 4.41. The second kappa shape index (κ2) is 12.0. The smallest absolute Gasteiger partial charge is 0.338 e. The zero-order chi connectivity index (χ0) is 30.8. The minimum atomic E-state index is -5.13. The summed E-state index contributed by atoms with van der Waals surface area (Å²) in [6, 6.07) is 14.0. The number of amides is 2. The van der Waals surface area contributed by atoms with Crippen LogP contribution in [-0.4, -0.2) is 39.8 Å². The van der Waals surface area contributed by atoms with E-state index in [4.69, 9.17) is 11.6 Å². The lowest BCUT2D eigenvalue weighted by molar-refractivity contribution is -0.143. The number of nitrogens with zero attached hydrogens (tertiary/aromatic N) is 3. The van der Waals surface area contributed by atoms with Crippen molar-refractivity contribution in [1.29, 1.82) is 0 Å². The van der Waals surface area contributed by atoms with Crippen LogP contribution in [-0.2, 0) is 23.6 Å². The summed E-state index contributed by atoms with van der Waals surface area (Å²) in [7, 11) is 1.22. The van der Waals surface area contributed by atoms with Crippen molar-refractivity contribution in [3.05, 3.63) is 99.8 Å². The number of hydrogen-bond acceptors (Lipinski definition) is 4. The fraction of sp³-hybridized carbons (Fsp3) is 0.241. The average Bonchev–Trinajstić information content (AvgIpc) is 2.90. The van der Waals surface area contributed by atoms with Crippen LogP contribution in [0.15, 0.2) is 66.7 Å². The highest BCUT2D eigenvalue weighted by Crippen LogP contribution is 2.36. The van der Waals surface area contributed by atoms with Crippen molar-refractivity contribution < 1.29 is 35.9 Å². The Bertz CT molecular complexity index is 1590. The van der Waals surface area contributed by atoms with Crippen LogP contribution in [0.25, 0.3) is 10.8 Å². The van der Waals surface area contributed by atoms with Gasteiger partial charge in [-0.2, -0.15) is 26.3 Å². The van der Waals surface area contributed by atoms with Crippen molar-refractivity contribution in [2.24, 2.45) is 0 Å². The fourth-order valence-corrected chi connectivity index (χ4v) is 4.65. The number of fused-ring (bicyclic) bond motifs is 1. The predicted octanol–water partition coefficient (Wildman–Crippen LogP) is 7.34. The molecule has 0 saturated heterocycles. The highest BCUT2D eigenvalue weighted by Gasteiger charge is 2.38. The molecular weight excluding hydrogens is 586 g/mol. The van der Waals surface area contributed by atoms with Crippen molar-refractivity contribution >= 4 is 40.1 Å². The summed E-state index contributed by atoms with van der Waals surface area (Å²) in [5.41, 5.74) is -2.91. The number of benzene rings is 3. The van der Waals surface area contributed by atoms with Gasteiger partial charge in [0.15, 0.2) is 0 Å². The molecule has 220 valence electrons. The molecule has 0 spiro atoms. The monoisotopic (exact) mass is 608 g/mol. The summed E-state index contributed by atoms with van der Waals surface area (Å²) in [6.07, 6.45) is -10.6. The van der Waals surface area contributed by atoms with E-state index in [-0.39, 0.29) is 30.0 Å². The number of alkyl halides is 6. The number of nitrogens with one attached hydrogen (secondary N) is 1. The number of rotatable bonds is 7. The first-order valence-corrected chi connectivity index (χ1v) is 12.8. The largest absolute Gasteiger partial charge is 0.416 e. The van der Waals surface area contributed by atoms with E-state index in [1.807, 2.05) is 36.4 Å². The molecule has 0 aliphatic rings. The predicted molar refractivity (Wildman–Crippen MR) is 145 cm³/mol. The van der Waals surface area contributed by atoms with Crippen LogP contribution >= 0.6 is 11.6 Å². The van der Waals surface area contributed by atoms with Gasteiger partial charge in [0.25, 0.3) is 5.91 Å². The van der Waals surface area contributed by atoms with Crippen LogP contribution in [0.3, 0.4) is 0 Å². The minimum absolute atomic E-state index is 0.0518. The van der Waals surface area contributed by atoms with Crippen molar-refractivity contribution in [2.75, 3.05) is 12.4 Å². The molecule has 6 nitrogen and oxygen atoms in total. The molecule has 13 heteroatoms. The highest BCUT2D eigenvalue weighted by molar-refractivity contribution is 6.29. The quantitative estimate of drug-likeness (QED) is 0.176. The Labute approximate surface area is 241 Å². The normalized spacial score (nSPS) is 12.7. The Kier molecular flexibility index (Phi) is 8.76. The van der Waals surface area contributed by atoms with Crippen LogP contribution in [0.2, 0.25) is 5.15 Å². The zero-order valence-electron chi connectivity index (χ0n) is 22.1. The molecule has 1 atom stereocenters. The van der Waals surface area contributed by atoms with Crippen LogP contribution in [0.4, 0.5) is 32.3 Å². The molecule has 3 aromatic carbocycles. The zero-order valence-corrected chi connectivity index (χ0v) is 22.9. The standard InChI is InChI=1S/C29H23ClF6N4O2/c1-16-9-24(30)38-27(37-16)39-25(41)15-23(11-17-7-8-18-5-3-4-6-19(18)10-17)40(2)26(42)20-12-21(28(31,32)33)14-22(13-20)29(34,35)36/h3-10,12-14,23H,11,15H2,1-2H3,(H,37,38,39,41). The van der Waals surface area contributed by atoms with E-state index in [9.17, 15) is 35.9 Å². The maximum Gasteiger partial charge on any atom is 0.416 e. The summed E-state index contributed by atoms with van der Waals surface area (Å²) < 4.78 is 80.7. The van der Waals surface area contributed by atoms with Gasteiger partial charge in [0.05, 0.1) is 11.1 Å². The van der Waals surface area contributed by atoms with Crippen LogP contribution in [0, 0.1) is 6.92 Å². The lowest BCUT2D eigenvalue weighted by Gasteiger charge is -2.29. The number of aryl methyl sites for hydroxylation is 1. The van der Waals surface area contributed by atoms with Gasteiger partial charge in [0.1, 0.15) is 5.15 Å². The summed E-state index contributed by atoms with van der Waals surface area (Å²) in [5, 5.41) is 4.34. The number of aromatic nitrogens is 2. The second-order valence-electron chi connectivity index (χ2n) is 9.66. The lowest BCUT2D eigenvalue weighted by Crippen LogP contribution is -2.41. The molecule has 0 aliphatic carbocycles. The molecule has 4 aromatic rings. The van der Waals surface area contributed by atoms with Gasteiger partial charge in [-0.1, -0.05) is 54.1 Å². The molecule has 0 fully saturated rings. The van der Waals surface area contributed by atoms with Gasteiger partial charge in [-0.05, 0) is 53.9 Å². The SMILES string of the molecule is Cc1cc(Cl)nc(NC(=O)CC(Cc2ccc3ccccc3c2)N(C)C(=O)c2cc(C(F)(F)F)cc(C(F)(F)F)c2)n1. The first kappa shape index (κ1) is 30.8. The summed E-state index contributed by atoms with van der Waals surface area (Å²) in [6.45, 7) is 1.63. The van der Waals surface area contributed by atoms with E-state index < -0.39 is 46.9 Å². The van der Waals surface area contributed by atoms with E-state index in [2.05, 4.69) is 15.3 Å². The summed E-state index contributed by atoms with van der Waals surface area (Å²) in [4.78, 5) is 35.4. The van der Waals surface area contributed by atoms with E-state index >= 15 is 0 Å². The molecule has 0 aliphatic heterocycles. The van der Waals surface area contributed by atoms with Gasteiger partial charge in [0, 0.05) is 30.8 Å². The molecule has 1 unspecified atom stereocenters. The minimum Gasteiger partial charge on any atom is -0.338 e. The van der Waals surface area contributed by atoms with Gasteiger partial charge in [0.2, 0.25) is 11.9 Å². The molecule has 0 bridgehead atoms. The number of anilines is 1. The third-order valence-corrected chi connectivity index (χ3v) is 6.68. The van der Waals surface area contributed by atoms with E-state index in [0.717, 1.165) is 15.7 Å². The number of halogens is 7. The maximum absolute atomic E-state index is 13.4. The lowest BCUT2D eigenvalue weighted by atomic mass is 9.97. The van der Waals surface area contributed by atoms with Gasteiger partial charge in [-0.3, -0.25) is 14.9 Å². The highest BCUT2D eigenvalue weighted by atomic mass is 35.5. The first-order valence-electron chi connectivity index (χ1n) is 12.5. The van der Waals surface area contributed by atoms with Crippen molar-refractivity contribution in [3.8, 4) is 0 Å². The van der Waals surface area contributed by atoms with Crippen LogP contribution < -0.4 is 5.32 Å². The summed E-state index contributed by atoms with van der Waals surface area (Å²) >= 11 is 5.93. The van der Waals surface area contributed by atoms with Crippen LogP contribution in [0.5, 0.6) is 0 Å². The van der Waals surface area contributed by atoms with Gasteiger partial charge in [-0.25, -0.2) is 9.97 Å². The summed E-state index contributed by atoms with van der Waals surface area (Å²) in [5.74, 6) is -1.88. The third-order valence-electron chi connectivity index (χ3n) is 6.48. The molecule has 1 N–H and O–H groups in total. The van der Waals surface area contributed by atoms with Crippen molar-refractivity contribution in [1.82, 2.24) is 14.9 Å². The van der Waals surface area contributed by atoms with Gasteiger partial charge in [-0.15, -0.1) is 0 Å². The van der Waals surface area contributed by atoms with E-state index in [0.29, 0.717) is 23.4 Å². The third kappa shape index (κ3) is 7.55. The molecular formula is C29H23ClF6N4O2. The average molecular weight is 609 g/mol. The van der Waals surface area contributed by atoms with Crippen molar-refractivity contribution in [2.45, 2.75) is 38.2 Å². The van der Waals surface area contributed by atoms with Crippen LogP contribution in [0.1, 0.15) is 39.2 Å². The number of hydrogen-bond donors (Lipinski definition) is 1. The molecule has 0 saturated carbocycles. The number of carbonyl (C=O) groups excluding carboxylic acids is 2.